The number of hydrogen-bond donors (Lipinski definition) is 2. The molecule has 0 spiro atoms. The average Bonchev–Trinajstić information content (AvgIpc) is 2.60. The highest BCUT2D eigenvalue weighted by Crippen LogP contribution is 2.23. The van der Waals surface area contributed by atoms with Gasteiger partial charge in [-0.2, -0.15) is 11.8 Å². The number of rotatable bonds is 4. The number of hydrogen-bond acceptors (Lipinski definition) is 4. The minimum absolute atomic E-state index is 0. The molecular formula is C18H29Cl2N3OS. The van der Waals surface area contributed by atoms with Crippen molar-refractivity contribution in [3.8, 4) is 0 Å². The summed E-state index contributed by atoms with van der Waals surface area (Å²) in [4.78, 5) is 15.0. The third kappa shape index (κ3) is 6.33. The normalized spacial score (nSPS) is 20.9. The van der Waals surface area contributed by atoms with Crippen LogP contribution in [-0.4, -0.2) is 48.5 Å². The molecule has 2 aliphatic heterocycles. The first-order valence-electron chi connectivity index (χ1n) is 8.64. The van der Waals surface area contributed by atoms with Gasteiger partial charge in [0, 0.05) is 43.4 Å². The van der Waals surface area contributed by atoms with Crippen molar-refractivity contribution in [1.82, 2.24) is 10.2 Å². The number of carbonyl (C=O) groups excluding carboxylic acids is 1. The van der Waals surface area contributed by atoms with E-state index in [0.717, 1.165) is 51.3 Å². The lowest BCUT2D eigenvalue weighted by molar-refractivity contribution is -0.120. The van der Waals surface area contributed by atoms with Crippen molar-refractivity contribution in [3.63, 3.8) is 0 Å². The molecule has 0 aliphatic carbocycles. The number of halogens is 2. The van der Waals surface area contributed by atoms with Crippen LogP contribution in [0.5, 0.6) is 0 Å². The first-order valence-corrected chi connectivity index (χ1v) is 9.79. The van der Waals surface area contributed by atoms with Crippen LogP contribution in [0.3, 0.4) is 0 Å². The lowest BCUT2D eigenvalue weighted by atomic mass is 9.98. The van der Waals surface area contributed by atoms with Crippen LogP contribution >= 0.6 is 36.6 Å². The first kappa shape index (κ1) is 22.6. The van der Waals surface area contributed by atoms with Crippen molar-refractivity contribution in [3.05, 3.63) is 29.3 Å². The highest BCUT2D eigenvalue weighted by atomic mass is 35.5. The van der Waals surface area contributed by atoms with Crippen LogP contribution in [0.25, 0.3) is 0 Å². The van der Waals surface area contributed by atoms with E-state index in [1.807, 2.05) is 17.8 Å². The molecule has 2 fully saturated rings. The van der Waals surface area contributed by atoms with Crippen molar-refractivity contribution >= 4 is 48.2 Å². The van der Waals surface area contributed by atoms with Gasteiger partial charge in [-0.25, -0.2) is 0 Å². The largest absolute Gasteiger partial charge is 0.326 e. The SMILES string of the molecule is Cc1c(CN2CCSCC2)cccc1NC(=O)C1CCCNC1.Cl.Cl. The van der Waals surface area contributed by atoms with Crippen molar-refractivity contribution in [2.75, 3.05) is 43.0 Å². The second-order valence-electron chi connectivity index (χ2n) is 6.51. The second-order valence-corrected chi connectivity index (χ2v) is 7.74. The van der Waals surface area contributed by atoms with Crippen LogP contribution in [0.1, 0.15) is 24.0 Å². The topological polar surface area (TPSA) is 44.4 Å². The van der Waals surface area contributed by atoms with Gasteiger partial charge in [0.25, 0.3) is 0 Å². The van der Waals surface area contributed by atoms with Gasteiger partial charge in [-0.05, 0) is 43.5 Å². The van der Waals surface area contributed by atoms with Gasteiger partial charge >= 0.3 is 0 Å². The van der Waals surface area contributed by atoms with E-state index in [9.17, 15) is 4.79 Å². The van der Waals surface area contributed by atoms with E-state index in [-0.39, 0.29) is 36.6 Å². The monoisotopic (exact) mass is 405 g/mol. The van der Waals surface area contributed by atoms with Gasteiger partial charge < -0.3 is 10.6 Å². The summed E-state index contributed by atoms with van der Waals surface area (Å²) >= 11 is 2.04. The minimum Gasteiger partial charge on any atom is -0.326 e. The zero-order valence-electron chi connectivity index (χ0n) is 14.8. The summed E-state index contributed by atoms with van der Waals surface area (Å²) in [5, 5.41) is 6.47. The molecule has 2 heterocycles. The highest BCUT2D eigenvalue weighted by Gasteiger charge is 2.21. The maximum Gasteiger partial charge on any atom is 0.228 e. The van der Waals surface area contributed by atoms with Gasteiger partial charge in [0.2, 0.25) is 5.91 Å². The quantitative estimate of drug-likeness (QED) is 0.805. The van der Waals surface area contributed by atoms with Crippen LogP contribution in [0.4, 0.5) is 5.69 Å². The fourth-order valence-electron chi connectivity index (χ4n) is 3.30. The van der Waals surface area contributed by atoms with Crippen molar-refractivity contribution in [2.24, 2.45) is 5.92 Å². The molecule has 2 N–H and O–H groups in total. The zero-order chi connectivity index (χ0) is 16.1. The van der Waals surface area contributed by atoms with Crippen molar-refractivity contribution in [2.45, 2.75) is 26.3 Å². The van der Waals surface area contributed by atoms with Gasteiger partial charge in [0.05, 0.1) is 5.92 Å². The number of amides is 1. The molecule has 1 aromatic carbocycles. The molecule has 0 bridgehead atoms. The van der Waals surface area contributed by atoms with Gasteiger partial charge in [-0.1, -0.05) is 12.1 Å². The maximum atomic E-state index is 12.5. The summed E-state index contributed by atoms with van der Waals surface area (Å²) in [6.07, 6.45) is 2.08. The van der Waals surface area contributed by atoms with Crippen molar-refractivity contribution in [1.29, 1.82) is 0 Å². The number of anilines is 1. The Morgan fingerprint density at radius 3 is 2.76 bits per heavy atom. The molecule has 4 nitrogen and oxygen atoms in total. The molecule has 3 rings (SSSR count). The van der Waals surface area contributed by atoms with Crippen LogP contribution in [0.2, 0.25) is 0 Å². The predicted molar refractivity (Wildman–Crippen MR) is 113 cm³/mol. The smallest absolute Gasteiger partial charge is 0.228 e. The molecule has 2 aliphatic rings. The maximum absolute atomic E-state index is 12.5. The molecule has 2 saturated heterocycles. The fourth-order valence-corrected chi connectivity index (χ4v) is 4.28. The Balaban J connectivity index is 0.00000156. The number of thioether (sulfide) groups is 1. The van der Waals surface area contributed by atoms with Gasteiger partial charge in [-0.15, -0.1) is 24.8 Å². The average molecular weight is 406 g/mol. The Labute approximate surface area is 167 Å². The summed E-state index contributed by atoms with van der Waals surface area (Å²) in [6, 6.07) is 6.28. The summed E-state index contributed by atoms with van der Waals surface area (Å²) in [5.74, 6) is 2.71. The lowest BCUT2D eigenvalue weighted by Gasteiger charge is -2.27. The van der Waals surface area contributed by atoms with E-state index in [1.165, 1.54) is 22.6 Å². The Morgan fingerprint density at radius 1 is 1.32 bits per heavy atom. The summed E-state index contributed by atoms with van der Waals surface area (Å²) in [5.41, 5.74) is 3.52. The standard InChI is InChI=1S/C18H27N3OS.2ClH/c1-14-16(13-21-8-10-23-11-9-21)4-2-6-17(14)20-18(22)15-5-3-7-19-12-15;;/h2,4,6,15,19H,3,5,7-13H2,1H3,(H,20,22);2*1H. The Morgan fingerprint density at radius 2 is 2.08 bits per heavy atom. The molecule has 1 amide bonds. The van der Waals surface area contributed by atoms with Crippen LogP contribution < -0.4 is 10.6 Å². The van der Waals surface area contributed by atoms with Gasteiger partial charge in [0.1, 0.15) is 0 Å². The molecule has 0 aromatic heterocycles. The number of benzene rings is 1. The highest BCUT2D eigenvalue weighted by molar-refractivity contribution is 7.99. The molecule has 1 aromatic rings. The first-order chi connectivity index (χ1) is 11.2. The fraction of sp³-hybridized carbons (Fsp3) is 0.611. The third-order valence-electron chi connectivity index (χ3n) is 4.87. The molecule has 142 valence electrons. The third-order valence-corrected chi connectivity index (χ3v) is 5.81. The van der Waals surface area contributed by atoms with Crippen molar-refractivity contribution < 1.29 is 4.79 Å². The second kappa shape index (κ2) is 11.3. The number of piperidine rings is 1. The van der Waals surface area contributed by atoms with E-state index >= 15 is 0 Å². The van der Waals surface area contributed by atoms with Crippen LogP contribution in [0, 0.1) is 12.8 Å². The lowest BCUT2D eigenvalue weighted by Crippen LogP contribution is -2.37. The number of nitrogens with zero attached hydrogens (tertiary/aromatic N) is 1. The summed E-state index contributed by atoms with van der Waals surface area (Å²) in [6.45, 7) is 7.27. The molecule has 0 saturated carbocycles. The Bertz CT molecular complexity index is 547. The summed E-state index contributed by atoms with van der Waals surface area (Å²) < 4.78 is 0. The van der Waals surface area contributed by atoms with Crippen LogP contribution in [0.15, 0.2) is 18.2 Å². The Kier molecular flexibility index (Phi) is 10.2. The molecular weight excluding hydrogens is 377 g/mol. The molecule has 7 heteroatoms. The summed E-state index contributed by atoms with van der Waals surface area (Å²) in [7, 11) is 0. The number of carbonyl (C=O) groups is 1. The molecule has 1 atom stereocenters. The number of nitrogens with one attached hydrogen (secondary N) is 2. The molecule has 25 heavy (non-hydrogen) atoms. The van der Waals surface area contributed by atoms with E-state index in [2.05, 4.69) is 34.6 Å². The molecule has 0 radical (unpaired) electrons. The minimum atomic E-state index is 0. The van der Waals surface area contributed by atoms with E-state index in [1.54, 1.807) is 0 Å². The zero-order valence-corrected chi connectivity index (χ0v) is 17.2. The van der Waals surface area contributed by atoms with E-state index < -0.39 is 0 Å². The van der Waals surface area contributed by atoms with Gasteiger partial charge in [0.15, 0.2) is 0 Å². The molecule has 1 unspecified atom stereocenters. The van der Waals surface area contributed by atoms with E-state index in [0.29, 0.717) is 0 Å². The Hall–Kier alpha value is -0.460. The van der Waals surface area contributed by atoms with E-state index in [4.69, 9.17) is 0 Å². The van der Waals surface area contributed by atoms with Gasteiger partial charge in [-0.3, -0.25) is 9.69 Å². The van der Waals surface area contributed by atoms with Crippen LogP contribution in [-0.2, 0) is 11.3 Å². The predicted octanol–water partition coefficient (Wildman–Crippen LogP) is 3.33.